The van der Waals surface area contributed by atoms with E-state index in [4.69, 9.17) is 0 Å². The lowest BCUT2D eigenvalue weighted by Crippen LogP contribution is -2.31. The number of hydrogen-bond acceptors (Lipinski definition) is 1. The summed E-state index contributed by atoms with van der Waals surface area (Å²) in [5, 5.41) is 9.74. The van der Waals surface area contributed by atoms with Crippen molar-refractivity contribution in [3.8, 4) is 6.07 Å². The molecule has 0 unspecified atom stereocenters. The molecule has 1 heteroatoms. The summed E-state index contributed by atoms with van der Waals surface area (Å²) in [5.41, 5.74) is -0.00703. The van der Waals surface area contributed by atoms with Gasteiger partial charge in [-0.2, -0.15) is 5.26 Å². The van der Waals surface area contributed by atoms with Gasteiger partial charge in [-0.15, -0.1) is 0 Å². The highest BCUT2D eigenvalue weighted by Crippen LogP contribution is 2.47. The fourth-order valence-electron chi connectivity index (χ4n) is 5.17. The Balaban J connectivity index is 1.74. The standard InChI is InChI=1S/C23H39N/c1-3-5-7-8-16-23(19-24)17-14-22(15-18-23)21-12-10-20(11-13-21)9-6-4-2/h5,7,20-22H,3-4,6,8-18H2,1-2H3/b7-5-. The molecular weight excluding hydrogens is 290 g/mol. The molecule has 0 spiro atoms. The fraction of sp³-hybridized carbons (Fsp3) is 0.870. The van der Waals surface area contributed by atoms with E-state index in [0.29, 0.717) is 0 Å². The molecule has 0 aromatic rings. The van der Waals surface area contributed by atoms with Crippen LogP contribution in [0.15, 0.2) is 12.2 Å². The SMILES string of the molecule is CC/C=C\CCC1(C#N)CCC(C2CCC(CCCC)CC2)CC1. The topological polar surface area (TPSA) is 23.8 Å². The molecule has 0 aromatic carbocycles. The smallest absolute Gasteiger partial charge is 0.0689 e. The van der Waals surface area contributed by atoms with Crippen LogP contribution < -0.4 is 0 Å². The first kappa shape index (κ1) is 19.6. The molecule has 0 aliphatic heterocycles. The largest absolute Gasteiger partial charge is 0.198 e. The van der Waals surface area contributed by atoms with E-state index in [1.54, 1.807) is 0 Å². The van der Waals surface area contributed by atoms with E-state index in [1.807, 2.05) is 0 Å². The first-order chi connectivity index (χ1) is 11.7. The van der Waals surface area contributed by atoms with E-state index >= 15 is 0 Å². The molecule has 1 nitrogen and oxygen atoms in total. The maximum atomic E-state index is 9.74. The second-order valence-corrected chi connectivity index (χ2v) is 8.57. The lowest BCUT2D eigenvalue weighted by Gasteiger charge is -2.40. The first-order valence-electron chi connectivity index (χ1n) is 10.8. The highest BCUT2D eigenvalue weighted by molar-refractivity contribution is 5.03. The van der Waals surface area contributed by atoms with Crippen molar-refractivity contribution in [3.05, 3.63) is 12.2 Å². The van der Waals surface area contributed by atoms with Gasteiger partial charge in [-0.3, -0.25) is 0 Å². The van der Waals surface area contributed by atoms with Crippen LogP contribution in [0.3, 0.4) is 0 Å². The molecule has 2 rings (SSSR count). The highest BCUT2D eigenvalue weighted by atomic mass is 14.4. The summed E-state index contributed by atoms with van der Waals surface area (Å²) in [6, 6.07) is 2.71. The molecule has 136 valence electrons. The predicted molar refractivity (Wildman–Crippen MR) is 104 cm³/mol. The molecular formula is C23H39N. The van der Waals surface area contributed by atoms with Crippen molar-refractivity contribution in [2.75, 3.05) is 0 Å². The Morgan fingerprint density at radius 3 is 2.21 bits per heavy atom. The Morgan fingerprint density at radius 1 is 0.958 bits per heavy atom. The van der Waals surface area contributed by atoms with E-state index in [0.717, 1.165) is 49.9 Å². The van der Waals surface area contributed by atoms with E-state index in [2.05, 4.69) is 32.1 Å². The number of nitriles is 1. The van der Waals surface area contributed by atoms with Crippen LogP contribution in [0.4, 0.5) is 0 Å². The first-order valence-corrected chi connectivity index (χ1v) is 10.8. The Bertz CT molecular complexity index is 400. The summed E-state index contributed by atoms with van der Waals surface area (Å²) in [6.45, 7) is 4.49. The second-order valence-electron chi connectivity index (χ2n) is 8.57. The molecule has 0 atom stereocenters. The van der Waals surface area contributed by atoms with Gasteiger partial charge in [0.2, 0.25) is 0 Å². The van der Waals surface area contributed by atoms with Crippen LogP contribution in [0.2, 0.25) is 0 Å². The van der Waals surface area contributed by atoms with Gasteiger partial charge < -0.3 is 0 Å². The Hall–Kier alpha value is -0.770. The maximum Gasteiger partial charge on any atom is 0.0689 e. The van der Waals surface area contributed by atoms with Gasteiger partial charge >= 0.3 is 0 Å². The molecule has 2 saturated carbocycles. The second kappa shape index (κ2) is 10.3. The third kappa shape index (κ3) is 5.65. The molecule has 0 saturated heterocycles. The van der Waals surface area contributed by atoms with E-state index < -0.39 is 0 Å². The molecule has 24 heavy (non-hydrogen) atoms. The van der Waals surface area contributed by atoms with Crippen molar-refractivity contribution in [1.29, 1.82) is 5.26 Å². The summed E-state index contributed by atoms with van der Waals surface area (Å²) in [6.07, 6.45) is 22.9. The number of hydrogen-bond donors (Lipinski definition) is 0. The number of rotatable bonds is 8. The van der Waals surface area contributed by atoms with Crippen LogP contribution in [0.1, 0.15) is 104 Å². The normalized spacial score (nSPS) is 34.3. The minimum atomic E-state index is -0.00703. The molecule has 2 fully saturated rings. The van der Waals surface area contributed by atoms with Gasteiger partial charge in [0.1, 0.15) is 0 Å². The van der Waals surface area contributed by atoms with Crippen LogP contribution in [-0.4, -0.2) is 0 Å². The lowest BCUT2D eigenvalue weighted by molar-refractivity contribution is 0.116. The average molecular weight is 330 g/mol. The Labute approximate surface area is 150 Å². The molecule has 0 radical (unpaired) electrons. The quantitative estimate of drug-likeness (QED) is 0.425. The van der Waals surface area contributed by atoms with Crippen molar-refractivity contribution in [3.63, 3.8) is 0 Å². The van der Waals surface area contributed by atoms with Crippen molar-refractivity contribution < 1.29 is 0 Å². The molecule has 2 aliphatic rings. The summed E-state index contributed by atoms with van der Waals surface area (Å²) in [5.74, 6) is 2.91. The van der Waals surface area contributed by atoms with Gasteiger partial charge in [-0.05, 0) is 75.5 Å². The molecule has 0 N–H and O–H groups in total. The summed E-state index contributed by atoms with van der Waals surface area (Å²) < 4.78 is 0. The van der Waals surface area contributed by atoms with Crippen molar-refractivity contribution in [1.82, 2.24) is 0 Å². The van der Waals surface area contributed by atoms with E-state index in [1.165, 1.54) is 57.8 Å². The van der Waals surface area contributed by atoms with E-state index in [-0.39, 0.29) is 5.41 Å². The highest BCUT2D eigenvalue weighted by Gasteiger charge is 2.38. The van der Waals surface area contributed by atoms with Crippen molar-refractivity contribution in [2.45, 2.75) is 104 Å². The molecule has 0 aromatic heterocycles. The third-order valence-electron chi connectivity index (χ3n) is 6.94. The van der Waals surface area contributed by atoms with Gasteiger partial charge in [0.25, 0.3) is 0 Å². The van der Waals surface area contributed by atoms with Gasteiger partial charge in [0.15, 0.2) is 0 Å². The summed E-state index contributed by atoms with van der Waals surface area (Å²) >= 11 is 0. The summed E-state index contributed by atoms with van der Waals surface area (Å²) in [4.78, 5) is 0. The number of unbranched alkanes of at least 4 members (excludes halogenated alkanes) is 1. The van der Waals surface area contributed by atoms with Gasteiger partial charge in [0.05, 0.1) is 11.5 Å². The number of nitrogens with zero attached hydrogens (tertiary/aromatic N) is 1. The van der Waals surface area contributed by atoms with Crippen molar-refractivity contribution in [2.24, 2.45) is 23.2 Å². The van der Waals surface area contributed by atoms with Gasteiger partial charge in [-0.1, -0.05) is 58.1 Å². The Morgan fingerprint density at radius 2 is 1.62 bits per heavy atom. The van der Waals surface area contributed by atoms with Crippen LogP contribution in [0, 0.1) is 34.5 Å². The Kier molecular flexibility index (Phi) is 8.37. The minimum Gasteiger partial charge on any atom is -0.198 e. The predicted octanol–water partition coefficient (Wildman–Crippen LogP) is 7.43. The van der Waals surface area contributed by atoms with Crippen LogP contribution in [0.5, 0.6) is 0 Å². The van der Waals surface area contributed by atoms with Crippen LogP contribution in [-0.2, 0) is 0 Å². The van der Waals surface area contributed by atoms with Gasteiger partial charge in [-0.25, -0.2) is 0 Å². The zero-order valence-corrected chi connectivity index (χ0v) is 16.2. The zero-order valence-electron chi connectivity index (χ0n) is 16.2. The van der Waals surface area contributed by atoms with E-state index in [9.17, 15) is 5.26 Å². The van der Waals surface area contributed by atoms with Crippen molar-refractivity contribution >= 4 is 0 Å². The third-order valence-corrected chi connectivity index (χ3v) is 6.94. The molecule has 0 amide bonds. The zero-order chi connectivity index (χ0) is 17.3. The maximum absolute atomic E-state index is 9.74. The summed E-state index contributed by atoms with van der Waals surface area (Å²) in [7, 11) is 0. The average Bonchev–Trinajstić information content (AvgIpc) is 2.64. The number of allylic oxidation sites excluding steroid dienone is 2. The lowest BCUT2D eigenvalue weighted by atomic mass is 9.63. The molecule has 0 bridgehead atoms. The minimum absolute atomic E-state index is 0.00703. The van der Waals surface area contributed by atoms with Crippen LogP contribution in [0.25, 0.3) is 0 Å². The monoisotopic (exact) mass is 329 g/mol. The molecule has 2 aliphatic carbocycles. The van der Waals surface area contributed by atoms with Crippen LogP contribution >= 0.6 is 0 Å². The molecule has 0 heterocycles. The van der Waals surface area contributed by atoms with Gasteiger partial charge in [0, 0.05) is 0 Å². The fourth-order valence-corrected chi connectivity index (χ4v) is 5.17.